The number of aromatic nitrogens is 1. The van der Waals surface area contributed by atoms with Crippen molar-refractivity contribution in [3.63, 3.8) is 0 Å². The largest absolute Gasteiger partial charge is 0.361 e. The molecule has 7 nitrogen and oxygen atoms in total. The van der Waals surface area contributed by atoms with Crippen molar-refractivity contribution in [3.05, 3.63) is 41.3 Å². The first-order valence-electron chi connectivity index (χ1n) is 8.77. The fourth-order valence-electron chi connectivity index (χ4n) is 2.96. The van der Waals surface area contributed by atoms with Crippen molar-refractivity contribution in [3.8, 4) is 0 Å². The number of hydrogen-bond acceptors (Lipinski definition) is 6. The first-order valence-corrected chi connectivity index (χ1v) is 11.4. The molecule has 1 aliphatic rings. The number of nitrogens with one attached hydrogen (secondary N) is 1. The molecule has 0 spiro atoms. The zero-order valence-corrected chi connectivity index (χ0v) is 17.0. The minimum Gasteiger partial charge on any atom is -0.361 e. The molecule has 1 amide bonds. The summed E-state index contributed by atoms with van der Waals surface area (Å²) >= 11 is 1.46. The molecule has 1 fully saturated rings. The maximum atomic E-state index is 12.6. The second-order valence-corrected chi connectivity index (χ2v) is 9.41. The molecule has 9 heteroatoms. The Bertz CT molecular complexity index is 899. The summed E-state index contributed by atoms with van der Waals surface area (Å²) in [6, 6.07) is 6.43. The molecule has 0 aliphatic carbocycles. The first-order chi connectivity index (χ1) is 12.9. The Morgan fingerprint density at radius 2 is 2.04 bits per heavy atom. The van der Waals surface area contributed by atoms with Gasteiger partial charge in [-0.05, 0) is 44.9 Å². The number of benzene rings is 1. The summed E-state index contributed by atoms with van der Waals surface area (Å²) in [5.74, 6) is 1.48. The Hall–Kier alpha value is -1.84. The summed E-state index contributed by atoms with van der Waals surface area (Å²) in [7, 11) is -3.49. The minimum absolute atomic E-state index is 0.178. The van der Waals surface area contributed by atoms with Crippen LogP contribution in [0.4, 0.5) is 5.69 Å². The third-order valence-electron chi connectivity index (χ3n) is 4.48. The van der Waals surface area contributed by atoms with Crippen molar-refractivity contribution >= 4 is 33.4 Å². The van der Waals surface area contributed by atoms with E-state index in [2.05, 4.69) is 10.5 Å². The fourth-order valence-corrected chi connectivity index (χ4v) is 5.50. The van der Waals surface area contributed by atoms with Gasteiger partial charge in [0, 0.05) is 30.1 Å². The standard InChI is InChI=1S/C18H23N3O4S2/c1-13-17(14(2)25-20-13)11-26-12-18(22)19-15-6-5-7-16(10-15)27(23,24)21-8-3-4-9-21/h5-7,10H,3-4,8-9,11-12H2,1-2H3,(H,19,22). The number of aryl methyl sites for hydroxylation is 2. The second kappa shape index (κ2) is 8.45. The number of carbonyl (C=O) groups excluding carboxylic acids is 1. The van der Waals surface area contributed by atoms with Gasteiger partial charge in [0.25, 0.3) is 0 Å². The zero-order chi connectivity index (χ0) is 19.4. The van der Waals surface area contributed by atoms with Crippen LogP contribution >= 0.6 is 11.8 Å². The number of carbonyl (C=O) groups is 1. The summed E-state index contributed by atoms with van der Waals surface area (Å²) in [4.78, 5) is 12.4. The molecular formula is C18H23N3O4S2. The molecule has 0 radical (unpaired) electrons. The van der Waals surface area contributed by atoms with Gasteiger partial charge in [-0.2, -0.15) is 4.31 Å². The highest BCUT2D eigenvalue weighted by molar-refractivity contribution is 7.99. The lowest BCUT2D eigenvalue weighted by Gasteiger charge is -2.16. The number of sulfonamides is 1. The predicted octanol–water partition coefficient (Wildman–Crippen LogP) is 2.95. The molecule has 27 heavy (non-hydrogen) atoms. The van der Waals surface area contributed by atoms with Crippen LogP contribution in [0, 0.1) is 13.8 Å². The van der Waals surface area contributed by atoms with E-state index in [-0.39, 0.29) is 16.6 Å². The van der Waals surface area contributed by atoms with Crippen LogP contribution in [0.3, 0.4) is 0 Å². The van der Waals surface area contributed by atoms with Gasteiger partial charge in [-0.3, -0.25) is 4.79 Å². The van der Waals surface area contributed by atoms with Gasteiger partial charge < -0.3 is 9.84 Å². The Balaban J connectivity index is 1.58. The van der Waals surface area contributed by atoms with Crippen LogP contribution in [0.25, 0.3) is 0 Å². The fraction of sp³-hybridized carbons (Fsp3) is 0.444. The molecule has 0 bridgehead atoms. The highest BCUT2D eigenvalue weighted by atomic mass is 32.2. The molecule has 1 aromatic heterocycles. The van der Waals surface area contributed by atoms with E-state index in [4.69, 9.17) is 4.52 Å². The lowest BCUT2D eigenvalue weighted by molar-refractivity contribution is -0.113. The molecule has 2 heterocycles. The van der Waals surface area contributed by atoms with Gasteiger partial charge in [-0.15, -0.1) is 11.8 Å². The highest BCUT2D eigenvalue weighted by Crippen LogP contribution is 2.24. The van der Waals surface area contributed by atoms with Gasteiger partial charge in [0.1, 0.15) is 5.76 Å². The molecule has 2 aromatic rings. The van der Waals surface area contributed by atoms with Crippen molar-refractivity contribution in [2.75, 3.05) is 24.2 Å². The van der Waals surface area contributed by atoms with Crippen molar-refractivity contribution < 1.29 is 17.7 Å². The van der Waals surface area contributed by atoms with Crippen LogP contribution in [0.1, 0.15) is 29.9 Å². The molecule has 0 unspecified atom stereocenters. The summed E-state index contributed by atoms with van der Waals surface area (Å²) < 4.78 is 31.9. The third kappa shape index (κ3) is 4.72. The number of anilines is 1. The maximum Gasteiger partial charge on any atom is 0.243 e. The van der Waals surface area contributed by atoms with E-state index < -0.39 is 10.0 Å². The summed E-state index contributed by atoms with van der Waals surface area (Å²) in [6.07, 6.45) is 1.77. The summed E-state index contributed by atoms with van der Waals surface area (Å²) in [5, 5.41) is 6.67. The minimum atomic E-state index is -3.49. The van der Waals surface area contributed by atoms with E-state index in [1.165, 1.54) is 22.1 Å². The van der Waals surface area contributed by atoms with Crippen LogP contribution in [0.15, 0.2) is 33.7 Å². The highest BCUT2D eigenvalue weighted by Gasteiger charge is 2.27. The monoisotopic (exact) mass is 409 g/mol. The number of amides is 1. The topological polar surface area (TPSA) is 92.5 Å². The summed E-state index contributed by atoms with van der Waals surface area (Å²) in [5.41, 5.74) is 2.32. The van der Waals surface area contributed by atoms with E-state index in [1.54, 1.807) is 18.2 Å². The van der Waals surface area contributed by atoms with Gasteiger partial charge in [-0.25, -0.2) is 8.42 Å². The normalized spacial score (nSPS) is 15.2. The number of nitrogens with zero attached hydrogens (tertiary/aromatic N) is 2. The SMILES string of the molecule is Cc1noc(C)c1CSCC(=O)Nc1cccc(S(=O)(=O)N2CCCC2)c1. The van der Waals surface area contributed by atoms with Crippen LogP contribution < -0.4 is 5.32 Å². The Morgan fingerprint density at radius 3 is 2.70 bits per heavy atom. The number of thioether (sulfide) groups is 1. The average molecular weight is 410 g/mol. The number of hydrogen-bond donors (Lipinski definition) is 1. The van der Waals surface area contributed by atoms with Crippen LogP contribution in [-0.2, 0) is 20.6 Å². The van der Waals surface area contributed by atoms with Crippen LogP contribution in [0.5, 0.6) is 0 Å². The molecule has 1 aliphatic heterocycles. The second-order valence-electron chi connectivity index (χ2n) is 6.48. The van der Waals surface area contributed by atoms with Crippen molar-refractivity contribution in [1.29, 1.82) is 0 Å². The molecule has 0 atom stereocenters. The summed E-state index contributed by atoms with van der Waals surface area (Å²) in [6.45, 7) is 4.83. The lowest BCUT2D eigenvalue weighted by Crippen LogP contribution is -2.28. The van der Waals surface area contributed by atoms with Gasteiger partial charge >= 0.3 is 0 Å². The van der Waals surface area contributed by atoms with E-state index in [0.29, 0.717) is 24.5 Å². The van der Waals surface area contributed by atoms with Crippen molar-refractivity contribution in [2.45, 2.75) is 37.3 Å². The quantitative estimate of drug-likeness (QED) is 0.756. The van der Waals surface area contributed by atoms with Gasteiger partial charge in [0.05, 0.1) is 16.3 Å². The molecule has 0 saturated carbocycles. The van der Waals surface area contributed by atoms with E-state index in [1.807, 2.05) is 13.8 Å². The average Bonchev–Trinajstić information content (AvgIpc) is 3.28. The molecular weight excluding hydrogens is 386 g/mol. The molecule has 3 rings (SSSR count). The number of rotatable bonds is 7. The van der Waals surface area contributed by atoms with Gasteiger partial charge in [0.15, 0.2) is 0 Å². The van der Waals surface area contributed by atoms with Crippen molar-refractivity contribution in [1.82, 2.24) is 9.46 Å². The van der Waals surface area contributed by atoms with Crippen LogP contribution in [-0.4, -0.2) is 42.6 Å². The molecule has 1 aromatic carbocycles. The van der Waals surface area contributed by atoms with E-state index in [0.717, 1.165) is 29.9 Å². The van der Waals surface area contributed by atoms with E-state index >= 15 is 0 Å². The van der Waals surface area contributed by atoms with Crippen molar-refractivity contribution in [2.24, 2.45) is 0 Å². The Labute approximate surface area is 163 Å². The lowest BCUT2D eigenvalue weighted by atomic mass is 10.2. The maximum absolute atomic E-state index is 12.6. The van der Waals surface area contributed by atoms with E-state index in [9.17, 15) is 13.2 Å². The molecule has 1 N–H and O–H groups in total. The Morgan fingerprint density at radius 1 is 1.30 bits per heavy atom. The first kappa shape index (κ1) is 19.9. The predicted molar refractivity (Wildman–Crippen MR) is 105 cm³/mol. The van der Waals surface area contributed by atoms with Gasteiger partial charge in [0.2, 0.25) is 15.9 Å². The Kier molecular flexibility index (Phi) is 6.23. The molecule has 1 saturated heterocycles. The smallest absolute Gasteiger partial charge is 0.243 e. The molecule has 146 valence electrons. The van der Waals surface area contributed by atoms with Crippen LogP contribution in [0.2, 0.25) is 0 Å². The zero-order valence-electron chi connectivity index (χ0n) is 15.4. The third-order valence-corrected chi connectivity index (χ3v) is 7.34. The van der Waals surface area contributed by atoms with Gasteiger partial charge in [-0.1, -0.05) is 11.2 Å².